The molecule has 6 nitrogen and oxygen atoms in total. The number of aromatic nitrogens is 2. The second kappa shape index (κ2) is 5.07. The lowest BCUT2D eigenvalue weighted by Crippen LogP contribution is -2.33. The topological polar surface area (TPSA) is 78.6 Å². The molecule has 100 valence electrons. The molecular formula is C12H19N3O3. The third-order valence-corrected chi connectivity index (χ3v) is 3.02. The fourth-order valence-electron chi connectivity index (χ4n) is 2.13. The Hall–Kier alpha value is -1.40. The SMILES string of the molecule is CC(C)Cn1ccnc(N2CC(O)C(O)C2)c1=O. The molecule has 1 aromatic heterocycles. The molecule has 1 aliphatic rings. The third-order valence-electron chi connectivity index (χ3n) is 3.02. The van der Waals surface area contributed by atoms with Crippen LogP contribution in [0.5, 0.6) is 0 Å². The Bertz CT molecular complexity index is 462. The van der Waals surface area contributed by atoms with Gasteiger partial charge in [-0.05, 0) is 5.92 Å². The first-order chi connectivity index (χ1) is 8.49. The standard InChI is InChI=1S/C12H19N3O3/c1-8(2)5-14-4-3-13-11(12(14)18)15-6-9(16)10(17)7-15/h3-4,8-10,16-17H,5-7H2,1-2H3. The molecule has 0 radical (unpaired) electrons. The molecule has 2 N–H and O–H groups in total. The van der Waals surface area contributed by atoms with Crippen molar-refractivity contribution < 1.29 is 10.2 Å². The summed E-state index contributed by atoms with van der Waals surface area (Å²) in [6.07, 6.45) is 1.61. The molecule has 0 aromatic carbocycles. The van der Waals surface area contributed by atoms with Gasteiger partial charge in [-0.25, -0.2) is 4.98 Å². The number of rotatable bonds is 3. The quantitative estimate of drug-likeness (QED) is 0.755. The highest BCUT2D eigenvalue weighted by atomic mass is 16.3. The minimum Gasteiger partial charge on any atom is -0.389 e. The van der Waals surface area contributed by atoms with E-state index in [9.17, 15) is 15.0 Å². The Labute approximate surface area is 106 Å². The average molecular weight is 253 g/mol. The summed E-state index contributed by atoms with van der Waals surface area (Å²) in [4.78, 5) is 17.9. The zero-order chi connectivity index (χ0) is 13.3. The summed E-state index contributed by atoms with van der Waals surface area (Å²) in [5.41, 5.74) is -0.174. The largest absolute Gasteiger partial charge is 0.389 e. The van der Waals surface area contributed by atoms with Crippen molar-refractivity contribution in [2.75, 3.05) is 18.0 Å². The Morgan fingerprint density at radius 3 is 2.56 bits per heavy atom. The van der Waals surface area contributed by atoms with Gasteiger partial charge < -0.3 is 19.7 Å². The lowest BCUT2D eigenvalue weighted by Gasteiger charge is -2.17. The van der Waals surface area contributed by atoms with Crippen LogP contribution in [0.25, 0.3) is 0 Å². The Kier molecular flexibility index (Phi) is 3.68. The van der Waals surface area contributed by atoms with Crippen molar-refractivity contribution in [3.63, 3.8) is 0 Å². The van der Waals surface area contributed by atoms with Crippen molar-refractivity contribution in [1.29, 1.82) is 0 Å². The molecule has 0 saturated carbocycles. The summed E-state index contributed by atoms with van der Waals surface area (Å²) in [5, 5.41) is 19.0. The van der Waals surface area contributed by atoms with Crippen LogP contribution in [-0.4, -0.2) is 45.1 Å². The van der Waals surface area contributed by atoms with E-state index in [2.05, 4.69) is 4.98 Å². The van der Waals surface area contributed by atoms with E-state index < -0.39 is 12.2 Å². The van der Waals surface area contributed by atoms with Crippen LogP contribution in [0.2, 0.25) is 0 Å². The molecule has 2 heterocycles. The van der Waals surface area contributed by atoms with E-state index in [1.54, 1.807) is 21.9 Å². The van der Waals surface area contributed by atoms with Gasteiger partial charge in [0, 0.05) is 32.0 Å². The molecule has 6 heteroatoms. The average Bonchev–Trinajstić information content (AvgIpc) is 2.61. The van der Waals surface area contributed by atoms with Gasteiger partial charge in [0.25, 0.3) is 5.56 Å². The maximum atomic E-state index is 12.2. The van der Waals surface area contributed by atoms with Crippen molar-refractivity contribution in [2.24, 2.45) is 5.92 Å². The summed E-state index contributed by atoms with van der Waals surface area (Å²) in [7, 11) is 0. The van der Waals surface area contributed by atoms with E-state index in [-0.39, 0.29) is 18.6 Å². The molecule has 2 unspecified atom stereocenters. The van der Waals surface area contributed by atoms with Crippen molar-refractivity contribution in [2.45, 2.75) is 32.6 Å². The summed E-state index contributed by atoms with van der Waals surface area (Å²) < 4.78 is 1.62. The predicted octanol–water partition coefficient (Wildman–Crippen LogP) is -0.559. The third kappa shape index (κ3) is 2.54. The van der Waals surface area contributed by atoms with Crippen LogP contribution in [0, 0.1) is 5.92 Å². The first kappa shape index (κ1) is 13.0. The van der Waals surface area contributed by atoms with Crippen LogP contribution < -0.4 is 10.5 Å². The Balaban J connectivity index is 2.27. The summed E-state index contributed by atoms with van der Waals surface area (Å²) in [6, 6.07) is 0. The highest BCUT2D eigenvalue weighted by Gasteiger charge is 2.31. The molecule has 2 atom stereocenters. The van der Waals surface area contributed by atoms with E-state index >= 15 is 0 Å². The van der Waals surface area contributed by atoms with Gasteiger partial charge in [-0.3, -0.25) is 4.79 Å². The van der Waals surface area contributed by atoms with Crippen molar-refractivity contribution in [1.82, 2.24) is 9.55 Å². The van der Waals surface area contributed by atoms with E-state index in [0.29, 0.717) is 18.3 Å². The number of nitrogens with zero attached hydrogens (tertiary/aromatic N) is 3. The highest BCUT2D eigenvalue weighted by molar-refractivity contribution is 5.38. The monoisotopic (exact) mass is 253 g/mol. The van der Waals surface area contributed by atoms with Gasteiger partial charge in [-0.15, -0.1) is 0 Å². The number of hydrogen-bond acceptors (Lipinski definition) is 5. The van der Waals surface area contributed by atoms with Gasteiger partial charge in [0.15, 0.2) is 5.82 Å². The number of aliphatic hydroxyl groups excluding tert-OH is 2. The summed E-state index contributed by atoms with van der Waals surface area (Å²) in [6.45, 7) is 5.20. The Morgan fingerprint density at radius 2 is 2.00 bits per heavy atom. The molecule has 1 aliphatic heterocycles. The number of aliphatic hydroxyl groups is 2. The van der Waals surface area contributed by atoms with E-state index in [1.165, 1.54) is 0 Å². The zero-order valence-electron chi connectivity index (χ0n) is 10.7. The normalized spacial score (nSPS) is 23.9. The summed E-state index contributed by atoms with van der Waals surface area (Å²) in [5.74, 6) is 0.668. The van der Waals surface area contributed by atoms with Gasteiger partial charge in [0.2, 0.25) is 0 Å². The highest BCUT2D eigenvalue weighted by Crippen LogP contribution is 2.14. The first-order valence-corrected chi connectivity index (χ1v) is 6.15. The van der Waals surface area contributed by atoms with Crippen LogP contribution in [0.15, 0.2) is 17.2 Å². The van der Waals surface area contributed by atoms with Crippen LogP contribution in [-0.2, 0) is 6.54 Å². The van der Waals surface area contributed by atoms with Gasteiger partial charge in [-0.2, -0.15) is 0 Å². The lowest BCUT2D eigenvalue weighted by molar-refractivity contribution is 0.0572. The number of β-amino-alcohol motifs (C(OH)–C–C–N with tert-alkyl or cyclic N) is 2. The molecule has 0 aliphatic carbocycles. The van der Waals surface area contributed by atoms with E-state index in [4.69, 9.17) is 0 Å². The van der Waals surface area contributed by atoms with E-state index in [1.807, 2.05) is 13.8 Å². The minimum atomic E-state index is -0.815. The van der Waals surface area contributed by atoms with Gasteiger partial charge >= 0.3 is 0 Å². The molecule has 0 spiro atoms. The van der Waals surface area contributed by atoms with Crippen LogP contribution in [0.4, 0.5) is 5.82 Å². The molecule has 1 aromatic rings. The van der Waals surface area contributed by atoms with Crippen LogP contribution in [0.1, 0.15) is 13.8 Å². The molecular weight excluding hydrogens is 234 g/mol. The van der Waals surface area contributed by atoms with E-state index in [0.717, 1.165) is 0 Å². The molecule has 0 bridgehead atoms. The molecule has 1 fully saturated rings. The first-order valence-electron chi connectivity index (χ1n) is 6.15. The maximum Gasteiger partial charge on any atom is 0.293 e. The molecule has 18 heavy (non-hydrogen) atoms. The second-order valence-electron chi connectivity index (χ2n) is 5.14. The fourth-order valence-corrected chi connectivity index (χ4v) is 2.13. The van der Waals surface area contributed by atoms with Crippen LogP contribution >= 0.6 is 0 Å². The maximum absolute atomic E-state index is 12.2. The smallest absolute Gasteiger partial charge is 0.293 e. The number of anilines is 1. The molecule has 1 saturated heterocycles. The molecule has 0 amide bonds. The lowest BCUT2D eigenvalue weighted by atomic mass is 10.2. The zero-order valence-corrected chi connectivity index (χ0v) is 10.7. The van der Waals surface area contributed by atoms with Gasteiger partial charge in [0.1, 0.15) is 0 Å². The fraction of sp³-hybridized carbons (Fsp3) is 0.667. The van der Waals surface area contributed by atoms with Gasteiger partial charge in [-0.1, -0.05) is 13.8 Å². The Morgan fingerprint density at radius 1 is 1.39 bits per heavy atom. The summed E-state index contributed by atoms with van der Waals surface area (Å²) >= 11 is 0. The number of hydrogen-bond donors (Lipinski definition) is 2. The van der Waals surface area contributed by atoms with Crippen molar-refractivity contribution in [3.8, 4) is 0 Å². The second-order valence-corrected chi connectivity index (χ2v) is 5.14. The van der Waals surface area contributed by atoms with Gasteiger partial charge in [0.05, 0.1) is 12.2 Å². The minimum absolute atomic E-state index is 0.174. The van der Waals surface area contributed by atoms with Crippen molar-refractivity contribution in [3.05, 3.63) is 22.7 Å². The van der Waals surface area contributed by atoms with Crippen LogP contribution in [0.3, 0.4) is 0 Å². The predicted molar refractivity (Wildman–Crippen MR) is 67.6 cm³/mol. The van der Waals surface area contributed by atoms with Crippen molar-refractivity contribution >= 4 is 5.82 Å². The molecule has 2 rings (SSSR count).